The summed E-state index contributed by atoms with van der Waals surface area (Å²) in [6.07, 6.45) is 0.307. The molecule has 0 unspecified atom stereocenters. The van der Waals surface area contributed by atoms with E-state index in [1.54, 1.807) is 30.3 Å². The second-order valence-electron chi connectivity index (χ2n) is 7.82. The Hall–Kier alpha value is -2.85. The lowest BCUT2D eigenvalue weighted by Gasteiger charge is -2.35. The Balaban J connectivity index is 1.45. The third kappa shape index (κ3) is 6.83. The van der Waals surface area contributed by atoms with E-state index < -0.39 is 10.0 Å². The number of rotatable bonds is 11. The first-order chi connectivity index (χ1) is 16.3. The van der Waals surface area contributed by atoms with Crippen molar-refractivity contribution in [3.05, 3.63) is 53.8 Å². The molecule has 0 saturated carbocycles. The number of amides is 1. The molecule has 8 nitrogen and oxygen atoms in total. The summed E-state index contributed by atoms with van der Waals surface area (Å²) in [7, 11) is -3.43. The van der Waals surface area contributed by atoms with Gasteiger partial charge in [-0.2, -0.15) is 4.31 Å². The van der Waals surface area contributed by atoms with Crippen LogP contribution in [0.3, 0.4) is 0 Å². The number of benzene rings is 2. The number of nitrogens with one attached hydrogen (secondary N) is 1. The average molecular weight is 494 g/mol. The molecule has 0 aliphatic carbocycles. The van der Waals surface area contributed by atoms with Crippen LogP contribution < -0.4 is 19.7 Å². The van der Waals surface area contributed by atoms with Crippen molar-refractivity contribution < 1.29 is 27.1 Å². The quantitative estimate of drug-likeness (QED) is 0.485. The molecular weight excluding hydrogens is 461 g/mol. The van der Waals surface area contributed by atoms with Gasteiger partial charge in [-0.1, -0.05) is 0 Å². The third-order valence-corrected chi connectivity index (χ3v) is 7.45. The largest absolute Gasteiger partial charge is 0.490 e. The molecule has 0 bridgehead atoms. The van der Waals surface area contributed by atoms with Crippen LogP contribution in [-0.2, 0) is 10.0 Å². The van der Waals surface area contributed by atoms with Crippen LogP contribution >= 0.6 is 0 Å². The van der Waals surface area contributed by atoms with Gasteiger partial charge in [0.1, 0.15) is 5.82 Å². The van der Waals surface area contributed by atoms with E-state index in [0.717, 1.165) is 5.69 Å². The van der Waals surface area contributed by atoms with Crippen LogP contribution in [0, 0.1) is 5.82 Å². The van der Waals surface area contributed by atoms with Crippen molar-refractivity contribution in [3.63, 3.8) is 0 Å². The summed E-state index contributed by atoms with van der Waals surface area (Å²) >= 11 is 0. The molecule has 0 radical (unpaired) electrons. The van der Waals surface area contributed by atoms with Crippen molar-refractivity contribution >= 4 is 21.6 Å². The molecule has 34 heavy (non-hydrogen) atoms. The molecule has 1 heterocycles. The zero-order valence-corrected chi connectivity index (χ0v) is 20.4. The van der Waals surface area contributed by atoms with Crippen LogP contribution in [0.4, 0.5) is 10.1 Å². The lowest BCUT2D eigenvalue weighted by molar-refractivity contribution is 0.0953. The third-order valence-electron chi connectivity index (χ3n) is 5.49. The van der Waals surface area contributed by atoms with Crippen molar-refractivity contribution in [1.82, 2.24) is 9.62 Å². The Kier molecular flexibility index (Phi) is 9.12. The smallest absolute Gasteiger partial charge is 0.251 e. The first-order valence-electron chi connectivity index (χ1n) is 11.5. The van der Waals surface area contributed by atoms with Crippen LogP contribution in [0.2, 0.25) is 0 Å². The topological polar surface area (TPSA) is 88.2 Å². The van der Waals surface area contributed by atoms with Crippen LogP contribution in [-0.4, -0.2) is 70.3 Å². The number of nitrogens with zero attached hydrogens (tertiary/aromatic N) is 2. The Bertz CT molecular complexity index is 1050. The predicted molar refractivity (Wildman–Crippen MR) is 130 cm³/mol. The van der Waals surface area contributed by atoms with Gasteiger partial charge in [-0.3, -0.25) is 4.79 Å². The van der Waals surface area contributed by atoms with E-state index in [2.05, 4.69) is 5.32 Å². The van der Waals surface area contributed by atoms with E-state index in [-0.39, 0.29) is 24.0 Å². The SMILES string of the molecule is CCOc1ccc(C(=O)NCCCS(=O)(=O)N2CCN(c3ccc(F)cc3)CC2)cc1OCC. The normalized spacial score (nSPS) is 14.6. The van der Waals surface area contributed by atoms with E-state index in [4.69, 9.17) is 9.47 Å². The Morgan fingerprint density at radius 3 is 2.26 bits per heavy atom. The fourth-order valence-electron chi connectivity index (χ4n) is 3.76. The molecule has 10 heteroatoms. The minimum absolute atomic E-state index is 0.0443. The molecule has 1 N–H and O–H groups in total. The monoisotopic (exact) mass is 493 g/mol. The van der Waals surface area contributed by atoms with E-state index in [9.17, 15) is 17.6 Å². The summed E-state index contributed by atoms with van der Waals surface area (Å²) in [6, 6.07) is 11.2. The highest BCUT2D eigenvalue weighted by Crippen LogP contribution is 2.28. The molecular formula is C24H32FN3O5S. The summed E-state index contributed by atoms with van der Waals surface area (Å²) in [4.78, 5) is 14.5. The van der Waals surface area contributed by atoms with Crippen molar-refractivity contribution in [2.45, 2.75) is 20.3 Å². The molecule has 0 atom stereocenters. The van der Waals surface area contributed by atoms with Crippen LogP contribution in [0.5, 0.6) is 11.5 Å². The van der Waals surface area contributed by atoms with Crippen molar-refractivity contribution in [1.29, 1.82) is 0 Å². The van der Waals surface area contributed by atoms with Crippen molar-refractivity contribution in [3.8, 4) is 11.5 Å². The second kappa shape index (κ2) is 12.0. The maximum Gasteiger partial charge on any atom is 0.251 e. The first kappa shape index (κ1) is 25.8. The molecule has 2 aromatic rings. The maximum atomic E-state index is 13.1. The van der Waals surface area contributed by atoms with Crippen molar-refractivity contribution in [2.75, 3.05) is 56.6 Å². The highest BCUT2D eigenvalue weighted by molar-refractivity contribution is 7.89. The van der Waals surface area contributed by atoms with Gasteiger partial charge in [-0.15, -0.1) is 0 Å². The Labute approximate surface area is 200 Å². The Morgan fingerprint density at radius 1 is 0.971 bits per heavy atom. The van der Waals surface area contributed by atoms with Gasteiger partial charge in [-0.05, 0) is 62.7 Å². The number of anilines is 1. The summed E-state index contributed by atoms with van der Waals surface area (Å²) in [6.45, 7) is 6.73. The number of hydrogen-bond donors (Lipinski definition) is 1. The highest BCUT2D eigenvalue weighted by Gasteiger charge is 2.26. The van der Waals surface area contributed by atoms with Crippen molar-refractivity contribution in [2.24, 2.45) is 0 Å². The number of carbonyl (C=O) groups is 1. The van der Waals surface area contributed by atoms with Crippen LogP contribution in [0.15, 0.2) is 42.5 Å². The molecule has 0 aromatic heterocycles. The molecule has 1 saturated heterocycles. The number of carbonyl (C=O) groups excluding carboxylic acids is 1. The molecule has 1 aliphatic heterocycles. The summed E-state index contributed by atoms with van der Waals surface area (Å²) in [5, 5.41) is 2.77. The lowest BCUT2D eigenvalue weighted by atomic mass is 10.2. The number of halogens is 1. The number of hydrogen-bond acceptors (Lipinski definition) is 6. The van der Waals surface area contributed by atoms with E-state index in [0.29, 0.717) is 62.9 Å². The van der Waals surface area contributed by atoms with E-state index >= 15 is 0 Å². The van der Waals surface area contributed by atoms with Gasteiger partial charge in [0.25, 0.3) is 5.91 Å². The fourth-order valence-corrected chi connectivity index (χ4v) is 5.24. The number of piperazine rings is 1. The molecule has 0 spiro atoms. The van der Waals surface area contributed by atoms with Gasteiger partial charge in [0.2, 0.25) is 10.0 Å². The first-order valence-corrected chi connectivity index (χ1v) is 13.1. The zero-order chi connectivity index (χ0) is 24.6. The standard InChI is InChI=1S/C24H32FN3O5S/c1-3-32-22-11-6-19(18-23(22)33-4-2)24(29)26-12-5-17-34(30,31)28-15-13-27(14-16-28)21-9-7-20(25)8-10-21/h6-11,18H,3-5,12-17H2,1-2H3,(H,26,29). The Morgan fingerprint density at radius 2 is 1.62 bits per heavy atom. The van der Waals surface area contributed by atoms with Gasteiger partial charge < -0.3 is 19.7 Å². The molecule has 1 amide bonds. The van der Waals surface area contributed by atoms with Gasteiger partial charge in [0, 0.05) is 44.0 Å². The summed E-state index contributed by atoms with van der Waals surface area (Å²) in [5.74, 6) is 0.437. The van der Waals surface area contributed by atoms with Gasteiger partial charge >= 0.3 is 0 Å². The van der Waals surface area contributed by atoms with Gasteiger partial charge in [0.15, 0.2) is 11.5 Å². The van der Waals surface area contributed by atoms with Gasteiger partial charge in [0.05, 0.1) is 19.0 Å². The summed E-state index contributed by atoms with van der Waals surface area (Å²) in [5.41, 5.74) is 1.30. The number of ether oxygens (including phenoxy) is 2. The molecule has 2 aromatic carbocycles. The zero-order valence-electron chi connectivity index (χ0n) is 19.6. The average Bonchev–Trinajstić information content (AvgIpc) is 2.83. The molecule has 1 fully saturated rings. The minimum Gasteiger partial charge on any atom is -0.490 e. The highest BCUT2D eigenvalue weighted by atomic mass is 32.2. The lowest BCUT2D eigenvalue weighted by Crippen LogP contribution is -2.49. The molecule has 3 rings (SSSR count). The second-order valence-corrected chi connectivity index (χ2v) is 9.90. The van der Waals surface area contributed by atoms with Gasteiger partial charge in [-0.25, -0.2) is 12.8 Å². The van der Waals surface area contributed by atoms with E-state index in [1.807, 2.05) is 18.7 Å². The summed E-state index contributed by atoms with van der Waals surface area (Å²) < 4.78 is 51.1. The maximum absolute atomic E-state index is 13.1. The number of sulfonamides is 1. The van der Waals surface area contributed by atoms with E-state index in [1.165, 1.54) is 16.4 Å². The fraction of sp³-hybridized carbons (Fsp3) is 0.458. The predicted octanol–water partition coefficient (Wildman–Crippen LogP) is 2.90. The van der Waals surface area contributed by atoms with Crippen LogP contribution in [0.25, 0.3) is 0 Å². The van der Waals surface area contributed by atoms with Crippen LogP contribution in [0.1, 0.15) is 30.6 Å². The minimum atomic E-state index is -3.43. The molecule has 1 aliphatic rings. The molecule has 186 valence electrons.